The molecule has 1 saturated carbocycles. The summed E-state index contributed by atoms with van der Waals surface area (Å²) in [4.78, 5) is 30.7. The van der Waals surface area contributed by atoms with Crippen LogP contribution in [0.5, 0.6) is 5.75 Å². The molecule has 3 heterocycles. The number of hydrogen-bond acceptors (Lipinski definition) is 4. The Morgan fingerprint density at radius 2 is 1.89 bits per heavy atom. The first kappa shape index (κ1) is 26.0. The summed E-state index contributed by atoms with van der Waals surface area (Å²) >= 11 is 0. The minimum atomic E-state index is -4.99. The van der Waals surface area contributed by atoms with Crippen molar-refractivity contribution in [3.63, 3.8) is 0 Å². The fraction of sp³-hybridized carbons (Fsp3) is 0.444. The standard InChI is InChI=1S/C27H27F4N3O4/c28-21-12-17(5-8-23(21)38-27(29,30)31)14-34-22-15-33(11-9-19(22)20-2-1-10-32-25(20)34)24(35)13-16-3-6-18(7-4-16)26(36)37/h1-2,5,8,10,12,16,18H,3-4,6-7,9,11,13-15H2,(H,36,37)/t16-,18+. The Bertz CT molecular complexity index is 1360. The summed E-state index contributed by atoms with van der Waals surface area (Å²) in [7, 11) is 0. The number of amides is 1. The van der Waals surface area contributed by atoms with Crippen molar-refractivity contribution in [2.24, 2.45) is 11.8 Å². The average Bonchev–Trinajstić information content (AvgIpc) is 3.18. The number of nitrogens with zero attached hydrogens (tertiary/aromatic N) is 3. The van der Waals surface area contributed by atoms with Crippen LogP contribution < -0.4 is 4.74 Å². The van der Waals surface area contributed by atoms with Crippen molar-refractivity contribution in [3.05, 3.63) is 59.2 Å². The summed E-state index contributed by atoms with van der Waals surface area (Å²) in [6.45, 7) is 1.04. The number of pyridine rings is 1. The average molecular weight is 534 g/mol. The van der Waals surface area contributed by atoms with Crippen molar-refractivity contribution in [2.75, 3.05) is 6.54 Å². The molecule has 5 rings (SSSR count). The highest BCUT2D eigenvalue weighted by atomic mass is 19.4. The number of carboxylic acids is 1. The first-order valence-electron chi connectivity index (χ1n) is 12.6. The van der Waals surface area contributed by atoms with E-state index in [2.05, 4.69) is 9.72 Å². The maximum absolute atomic E-state index is 14.4. The molecule has 1 aromatic carbocycles. The van der Waals surface area contributed by atoms with Crippen molar-refractivity contribution < 1.29 is 37.0 Å². The number of carbonyl (C=O) groups is 2. The minimum Gasteiger partial charge on any atom is -0.481 e. The lowest BCUT2D eigenvalue weighted by atomic mass is 9.80. The quantitative estimate of drug-likeness (QED) is 0.436. The maximum atomic E-state index is 14.4. The molecule has 0 bridgehead atoms. The molecule has 1 fully saturated rings. The summed E-state index contributed by atoms with van der Waals surface area (Å²) in [5.41, 5.74) is 3.01. The number of halogens is 4. The normalized spacial score (nSPS) is 19.8. The smallest absolute Gasteiger partial charge is 0.481 e. The van der Waals surface area contributed by atoms with Gasteiger partial charge in [0.25, 0.3) is 0 Å². The zero-order chi connectivity index (χ0) is 27.0. The van der Waals surface area contributed by atoms with Crippen LogP contribution in [0.25, 0.3) is 11.0 Å². The summed E-state index contributed by atoms with van der Waals surface area (Å²) in [6, 6.07) is 7.11. The number of ether oxygens (including phenoxy) is 1. The lowest BCUT2D eigenvalue weighted by molar-refractivity contribution is -0.275. The van der Waals surface area contributed by atoms with Crippen LogP contribution in [0.4, 0.5) is 17.6 Å². The molecule has 2 aromatic heterocycles. The van der Waals surface area contributed by atoms with Gasteiger partial charge in [0.15, 0.2) is 11.6 Å². The van der Waals surface area contributed by atoms with Crippen LogP contribution in [0.1, 0.15) is 48.9 Å². The molecule has 7 nitrogen and oxygen atoms in total. The predicted molar refractivity (Wildman–Crippen MR) is 129 cm³/mol. The van der Waals surface area contributed by atoms with E-state index in [-0.39, 0.29) is 24.3 Å². The van der Waals surface area contributed by atoms with Crippen molar-refractivity contribution >= 4 is 22.9 Å². The Morgan fingerprint density at radius 1 is 1.13 bits per heavy atom. The van der Waals surface area contributed by atoms with Gasteiger partial charge in [-0.25, -0.2) is 9.37 Å². The second kappa shape index (κ2) is 10.3. The molecule has 1 aliphatic carbocycles. The van der Waals surface area contributed by atoms with Crippen LogP contribution in [-0.2, 0) is 29.1 Å². The highest BCUT2D eigenvalue weighted by Gasteiger charge is 2.33. The van der Waals surface area contributed by atoms with Gasteiger partial charge in [-0.05, 0) is 73.4 Å². The molecular weight excluding hydrogens is 506 g/mol. The molecule has 202 valence electrons. The first-order valence-corrected chi connectivity index (χ1v) is 12.6. The summed E-state index contributed by atoms with van der Waals surface area (Å²) in [6.07, 6.45) is 0.231. The van der Waals surface area contributed by atoms with Crippen LogP contribution >= 0.6 is 0 Å². The Balaban J connectivity index is 1.35. The van der Waals surface area contributed by atoms with Gasteiger partial charge < -0.3 is 19.3 Å². The van der Waals surface area contributed by atoms with Gasteiger partial charge in [-0.1, -0.05) is 6.07 Å². The van der Waals surface area contributed by atoms with E-state index in [0.717, 1.165) is 28.8 Å². The van der Waals surface area contributed by atoms with Gasteiger partial charge in [-0.3, -0.25) is 9.59 Å². The number of hydrogen-bond donors (Lipinski definition) is 1. The third kappa shape index (κ3) is 5.46. The van der Waals surface area contributed by atoms with E-state index in [1.807, 2.05) is 16.7 Å². The third-order valence-electron chi connectivity index (χ3n) is 7.59. The summed E-state index contributed by atoms with van der Waals surface area (Å²) in [5, 5.41) is 10.1. The van der Waals surface area contributed by atoms with E-state index in [1.54, 1.807) is 11.1 Å². The van der Waals surface area contributed by atoms with Crippen LogP contribution in [0.2, 0.25) is 0 Å². The summed E-state index contributed by atoms with van der Waals surface area (Å²) in [5.74, 6) is -2.95. The molecule has 0 radical (unpaired) electrons. The number of carboxylic acid groups (broad SMARTS) is 1. The van der Waals surface area contributed by atoms with Gasteiger partial charge in [0.2, 0.25) is 5.91 Å². The third-order valence-corrected chi connectivity index (χ3v) is 7.59. The molecule has 1 amide bonds. The van der Waals surface area contributed by atoms with Crippen LogP contribution in [0, 0.1) is 17.7 Å². The zero-order valence-electron chi connectivity index (χ0n) is 20.5. The van der Waals surface area contributed by atoms with E-state index in [1.165, 1.54) is 6.07 Å². The fourth-order valence-electron chi connectivity index (χ4n) is 5.67. The molecule has 1 N–H and O–H groups in total. The second-order valence-electron chi connectivity index (χ2n) is 10.0. The number of aromatic nitrogens is 2. The molecule has 38 heavy (non-hydrogen) atoms. The molecule has 1 aliphatic heterocycles. The minimum absolute atomic E-state index is 0.0129. The highest BCUT2D eigenvalue weighted by Crippen LogP contribution is 2.34. The maximum Gasteiger partial charge on any atom is 0.573 e. The van der Waals surface area contributed by atoms with Crippen LogP contribution in [-0.4, -0.2) is 44.3 Å². The van der Waals surface area contributed by atoms with Gasteiger partial charge in [0.05, 0.1) is 12.5 Å². The number of aliphatic carboxylic acids is 1. The zero-order valence-corrected chi connectivity index (χ0v) is 20.5. The highest BCUT2D eigenvalue weighted by molar-refractivity contribution is 5.84. The van der Waals surface area contributed by atoms with Crippen molar-refractivity contribution in [1.29, 1.82) is 0 Å². The van der Waals surface area contributed by atoms with Gasteiger partial charge in [0.1, 0.15) is 5.65 Å². The topological polar surface area (TPSA) is 84.7 Å². The first-order chi connectivity index (χ1) is 18.1. The number of benzene rings is 1. The molecular formula is C27H27F4N3O4. The van der Waals surface area contributed by atoms with Gasteiger partial charge in [0, 0.05) is 36.8 Å². The molecule has 11 heteroatoms. The summed E-state index contributed by atoms with van der Waals surface area (Å²) < 4.78 is 57.6. The lowest BCUT2D eigenvalue weighted by Gasteiger charge is -2.31. The van der Waals surface area contributed by atoms with E-state index in [0.29, 0.717) is 62.8 Å². The molecule has 2 aliphatic rings. The van der Waals surface area contributed by atoms with Crippen molar-refractivity contribution in [3.8, 4) is 5.75 Å². The molecule has 0 atom stereocenters. The molecule has 0 unspecified atom stereocenters. The van der Waals surface area contributed by atoms with Crippen LogP contribution in [0.3, 0.4) is 0 Å². The molecule has 0 spiro atoms. The SMILES string of the molecule is O=C(C[C@H]1CC[C@@H](C(=O)O)CC1)N1CCc2c(n(Cc3ccc(OC(F)(F)F)c(F)c3)c3ncccc23)C1. The van der Waals surface area contributed by atoms with E-state index >= 15 is 0 Å². The lowest BCUT2D eigenvalue weighted by Crippen LogP contribution is -2.38. The fourth-order valence-corrected chi connectivity index (χ4v) is 5.67. The largest absolute Gasteiger partial charge is 0.573 e. The monoisotopic (exact) mass is 533 g/mol. The number of fused-ring (bicyclic) bond motifs is 3. The van der Waals surface area contributed by atoms with E-state index < -0.39 is 23.9 Å². The van der Waals surface area contributed by atoms with Crippen LogP contribution in [0.15, 0.2) is 36.5 Å². The Morgan fingerprint density at radius 3 is 2.58 bits per heavy atom. The van der Waals surface area contributed by atoms with Crippen molar-refractivity contribution in [2.45, 2.75) is 58.0 Å². The molecule has 0 saturated heterocycles. The number of rotatable bonds is 6. The van der Waals surface area contributed by atoms with Crippen molar-refractivity contribution in [1.82, 2.24) is 14.5 Å². The number of carbonyl (C=O) groups excluding carboxylic acids is 1. The second-order valence-corrected chi connectivity index (χ2v) is 10.0. The predicted octanol–water partition coefficient (Wildman–Crippen LogP) is 5.29. The Hall–Kier alpha value is -3.63. The number of alkyl halides is 3. The van der Waals surface area contributed by atoms with Gasteiger partial charge >= 0.3 is 12.3 Å². The molecule has 3 aromatic rings. The Kier molecular flexibility index (Phi) is 7.02. The van der Waals surface area contributed by atoms with Gasteiger partial charge in [-0.15, -0.1) is 13.2 Å². The van der Waals surface area contributed by atoms with E-state index in [4.69, 9.17) is 0 Å². The Labute approximate surface area is 216 Å². The van der Waals surface area contributed by atoms with Gasteiger partial charge in [-0.2, -0.15) is 0 Å². The van der Waals surface area contributed by atoms with E-state index in [9.17, 15) is 32.3 Å².